The normalized spacial score (nSPS) is 14.1. The molecule has 0 aliphatic carbocycles. The number of hydrogen-bond acceptors (Lipinski definition) is 4. The predicted molar refractivity (Wildman–Crippen MR) is 106 cm³/mol. The van der Waals surface area contributed by atoms with E-state index in [1.54, 1.807) is 48.5 Å². The zero-order valence-corrected chi connectivity index (χ0v) is 16.5. The van der Waals surface area contributed by atoms with Gasteiger partial charge in [0.2, 0.25) is 11.8 Å². The van der Waals surface area contributed by atoms with Crippen LogP contribution in [0, 0.1) is 11.1 Å². The fraction of sp³-hybridized carbons (Fsp3) is 0.250. The molecular weight excluding hydrogens is 396 g/mol. The Hall–Kier alpha value is -2.47. The summed E-state index contributed by atoms with van der Waals surface area (Å²) in [4.78, 5) is 12.7. The molecule has 0 aliphatic rings. The maximum Gasteiger partial charge on any atom is 0.252 e. The van der Waals surface area contributed by atoms with Gasteiger partial charge in [0.25, 0.3) is 5.78 Å². The van der Waals surface area contributed by atoms with Crippen molar-refractivity contribution in [2.75, 3.05) is 0 Å². The molecule has 0 saturated heterocycles. The van der Waals surface area contributed by atoms with E-state index in [4.69, 9.17) is 0 Å². The van der Waals surface area contributed by atoms with Crippen molar-refractivity contribution < 1.29 is 14.7 Å². The van der Waals surface area contributed by atoms with Crippen LogP contribution in [0.2, 0.25) is 0 Å². The molecule has 26 heavy (non-hydrogen) atoms. The summed E-state index contributed by atoms with van der Waals surface area (Å²) >= 11 is 3.32. The molecule has 0 amide bonds. The van der Waals surface area contributed by atoms with E-state index in [1.165, 1.54) is 6.92 Å². The topological polar surface area (TPSA) is 75.7 Å². The molecule has 0 spiro atoms. The zero-order valence-electron chi connectivity index (χ0n) is 14.9. The van der Waals surface area contributed by atoms with Crippen LogP contribution in [0.15, 0.2) is 64.2 Å². The average Bonchev–Trinajstić information content (AvgIpc) is 2.65. The Labute approximate surface area is 161 Å². The van der Waals surface area contributed by atoms with Gasteiger partial charge in [-0.1, -0.05) is 65.3 Å². The molecule has 0 aliphatic heterocycles. The van der Waals surface area contributed by atoms with Gasteiger partial charge < -0.3 is 10.4 Å². The number of ketones is 1. The highest BCUT2D eigenvalue weighted by molar-refractivity contribution is 9.10. The Bertz CT molecular complexity index is 828. The van der Waals surface area contributed by atoms with E-state index in [2.05, 4.69) is 21.1 Å². The van der Waals surface area contributed by atoms with E-state index >= 15 is 0 Å². The quantitative estimate of drug-likeness (QED) is 0.188. The second-order valence-electron chi connectivity index (χ2n) is 6.29. The highest BCUT2D eigenvalue weighted by Crippen LogP contribution is 2.17. The summed E-state index contributed by atoms with van der Waals surface area (Å²) in [6.45, 7) is 5.19. The lowest BCUT2D eigenvalue weighted by Crippen LogP contribution is -2.40. The summed E-state index contributed by atoms with van der Waals surface area (Å²) in [5, 5.41) is 25.9. The molecule has 0 saturated carbocycles. The fourth-order valence-electron chi connectivity index (χ4n) is 2.71. The Morgan fingerprint density at radius 2 is 1.65 bits per heavy atom. The highest BCUT2D eigenvalue weighted by atomic mass is 79.9. The number of Topliss-reactive ketones (excluding diaryl/α,β-unsaturated/α-hetero) is 1. The van der Waals surface area contributed by atoms with Crippen molar-refractivity contribution in [3.05, 3.63) is 75.4 Å². The van der Waals surface area contributed by atoms with Gasteiger partial charge >= 0.3 is 0 Å². The minimum Gasteiger partial charge on any atom is -0.623 e. The second kappa shape index (κ2) is 8.76. The maximum atomic E-state index is 13.0. The number of carbonyl (C=O) groups excluding carboxylic acids is 1. The van der Waals surface area contributed by atoms with E-state index in [-0.39, 0.29) is 23.1 Å². The van der Waals surface area contributed by atoms with E-state index < -0.39 is 6.04 Å². The van der Waals surface area contributed by atoms with Crippen LogP contribution < -0.4 is 0 Å². The first-order valence-electron chi connectivity index (χ1n) is 8.24. The van der Waals surface area contributed by atoms with Gasteiger partial charge in [-0.3, -0.25) is 4.79 Å². The molecule has 5 nitrogen and oxygen atoms in total. The van der Waals surface area contributed by atoms with Crippen LogP contribution in [-0.4, -0.2) is 33.2 Å². The van der Waals surface area contributed by atoms with Crippen molar-refractivity contribution in [1.29, 1.82) is 0 Å². The van der Waals surface area contributed by atoms with Crippen molar-refractivity contribution in [1.82, 2.24) is 0 Å². The molecule has 0 fully saturated rings. The summed E-state index contributed by atoms with van der Waals surface area (Å²) in [5.74, 6) is -0.533. The standard InChI is InChI=1S/C20H21BrN2O3/c1-13(2)19(18(22-25)15-7-5-4-6-8-15)23(26)14(3)20(24)16-9-11-17(21)12-10-16/h4-13,19,25H,1-3H3/b22-18+,23-14-. The minimum atomic E-state index is -0.790. The third-order valence-electron chi connectivity index (χ3n) is 4.11. The van der Waals surface area contributed by atoms with E-state index in [9.17, 15) is 15.2 Å². The summed E-state index contributed by atoms with van der Waals surface area (Å²) in [5.41, 5.74) is 1.34. The summed E-state index contributed by atoms with van der Waals surface area (Å²) in [6, 6.07) is 15.0. The van der Waals surface area contributed by atoms with E-state index in [0.29, 0.717) is 15.9 Å². The number of oxime groups is 1. The lowest BCUT2D eigenvalue weighted by Gasteiger charge is -2.22. The lowest BCUT2D eigenvalue weighted by atomic mass is 9.94. The number of benzene rings is 2. The molecule has 136 valence electrons. The SMILES string of the molecule is C/C(C(=O)c1ccc(Br)cc1)=[N+](/[O-])C(/C(=N/O)c1ccccc1)C(C)C. The first kappa shape index (κ1) is 19.8. The number of carbonyl (C=O) groups is 1. The van der Waals surface area contributed by atoms with Gasteiger partial charge in [0.15, 0.2) is 5.71 Å². The highest BCUT2D eigenvalue weighted by Gasteiger charge is 2.32. The van der Waals surface area contributed by atoms with E-state index in [0.717, 1.165) is 4.47 Å². The molecule has 2 aromatic rings. The summed E-state index contributed by atoms with van der Waals surface area (Å²) in [7, 11) is 0. The molecule has 0 aromatic heterocycles. The molecule has 1 atom stereocenters. The van der Waals surface area contributed by atoms with Gasteiger partial charge in [0.1, 0.15) is 0 Å². The Morgan fingerprint density at radius 3 is 2.15 bits per heavy atom. The van der Waals surface area contributed by atoms with Gasteiger partial charge in [0.05, 0.1) is 0 Å². The molecule has 1 unspecified atom stereocenters. The Balaban J connectivity index is 2.46. The van der Waals surface area contributed by atoms with Gasteiger partial charge in [0, 0.05) is 28.4 Å². The molecular formula is C20H21BrN2O3. The van der Waals surface area contributed by atoms with Crippen LogP contribution in [0.1, 0.15) is 36.7 Å². The Kier molecular flexibility index (Phi) is 6.69. The number of hydroxylamine groups is 1. The second-order valence-corrected chi connectivity index (χ2v) is 7.20. The van der Waals surface area contributed by atoms with E-state index in [1.807, 2.05) is 19.9 Å². The van der Waals surface area contributed by atoms with Crippen LogP contribution in [0.3, 0.4) is 0 Å². The minimum absolute atomic E-state index is 0.0445. The van der Waals surface area contributed by atoms with Crippen molar-refractivity contribution in [3.8, 4) is 0 Å². The summed E-state index contributed by atoms with van der Waals surface area (Å²) < 4.78 is 1.50. The van der Waals surface area contributed by atoms with Crippen molar-refractivity contribution in [3.63, 3.8) is 0 Å². The molecule has 6 heteroatoms. The third kappa shape index (κ3) is 4.38. The number of halogens is 1. The smallest absolute Gasteiger partial charge is 0.252 e. The molecule has 0 bridgehead atoms. The number of nitrogens with zero attached hydrogens (tertiary/aromatic N) is 2. The van der Waals surface area contributed by atoms with Crippen LogP contribution in [0.4, 0.5) is 0 Å². The van der Waals surface area contributed by atoms with Gasteiger partial charge in [-0.25, -0.2) is 0 Å². The van der Waals surface area contributed by atoms with Gasteiger partial charge in [-0.05, 0) is 24.3 Å². The summed E-state index contributed by atoms with van der Waals surface area (Å²) in [6.07, 6.45) is 0. The maximum absolute atomic E-state index is 13.0. The number of hydrogen-bond donors (Lipinski definition) is 1. The first-order chi connectivity index (χ1) is 12.4. The van der Waals surface area contributed by atoms with Crippen LogP contribution in [0.25, 0.3) is 0 Å². The van der Waals surface area contributed by atoms with Crippen molar-refractivity contribution >= 4 is 33.1 Å². The van der Waals surface area contributed by atoms with Crippen molar-refractivity contribution in [2.45, 2.75) is 26.8 Å². The lowest BCUT2D eigenvalue weighted by molar-refractivity contribution is -0.488. The first-order valence-corrected chi connectivity index (χ1v) is 9.03. The molecule has 1 N–H and O–H groups in total. The number of rotatable bonds is 6. The molecule has 0 heterocycles. The average molecular weight is 417 g/mol. The molecule has 0 radical (unpaired) electrons. The van der Waals surface area contributed by atoms with Crippen molar-refractivity contribution in [2.24, 2.45) is 11.1 Å². The van der Waals surface area contributed by atoms with Gasteiger partial charge in [-0.2, -0.15) is 4.74 Å². The van der Waals surface area contributed by atoms with Gasteiger partial charge in [-0.15, -0.1) is 0 Å². The largest absolute Gasteiger partial charge is 0.623 e. The van der Waals surface area contributed by atoms with Crippen LogP contribution >= 0.6 is 15.9 Å². The fourth-order valence-corrected chi connectivity index (χ4v) is 2.98. The predicted octanol–water partition coefficient (Wildman–Crippen LogP) is 4.51. The molecule has 2 aromatic carbocycles. The zero-order chi connectivity index (χ0) is 19.3. The Morgan fingerprint density at radius 1 is 1.08 bits per heavy atom. The third-order valence-corrected chi connectivity index (χ3v) is 4.64. The van der Waals surface area contributed by atoms with Crippen LogP contribution in [0.5, 0.6) is 0 Å². The monoisotopic (exact) mass is 416 g/mol. The van der Waals surface area contributed by atoms with Crippen LogP contribution in [-0.2, 0) is 0 Å². The molecule has 2 rings (SSSR count).